The maximum atomic E-state index is 14.4. The second-order valence-corrected chi connectivity index (χ2v) is 13.3. The van der Waals surface area contributed by atoms with Crippen LogP contribution in [0.4, 0.5) is 8.78 Å². The van der Waals surface area contributed by atoms with Crippen LogP contribution in [0.15, 0.2) is 60.7 Å². The van der Waals surface area contributed by atoms with Gasteiger partial charge in [-0.1, -0.05) is 87.4 Å². The number of amides is 1. The third-order valence-electron chi connectivity index (χ3n) is 10.9. The third-order valence-corrected chi connectivity index (χ3v) is 10.9. The molecule has 39 heavy (non-hydrogen) atoms. The van der Waals surface area contributed by atoms with E-state index in [1.807, 2.05) is 43.3 Å². The molecule has 6 rings (SSSR count). The maximum absolute atomic E-state index is 14.4. The molecule has 3 nitrogen and oxygen atoms in total. The zero-order chi connectivity index (χ0) is 27.8. The molecule has 2 heterocycles. The molecule has 0 bridgehead atoms. The van der Waals surface area contributed by atoms with Gasteiger partial charge in [-0.15, -0.1) is 0 Å². The molecule has 0 spiro atoms. The summed E-state index contributed by atoms with van der Waals surface area (Å²) in [6.07, 6.45) is 5.04. The molecule has 4 aliphatic rings. The van der Waals surface area contributed by atoms with E-state index in [1.165, 1.54) is 31.2 Å². The Morgan fingerprint density at radius 1 is 0.718 bits per heavy atom. The number of benzene rings is 2. The largest absolute Gasteiger partial charge is 0.333 e. The van der Waals surface area contributed by atoms with Crippen molar-refractivity contribution in [3.8, 4) is 0 Å². The van der Waals surface area contributed by atoms with E-state index in [1.54, 1.807) is 4.90 Å². The van der Waals surface area contributed by atoms with Gasteiger partial charge in [0, 0.05) is 37.5 Å². The van der Waals surface area contributed by atoms with Crippen LogP contribution in [0.5, 0.6) is 0 Å². The van der Waals surface area contributed by atoms with Gasteiger partial charge in [0.25, 0.3) is 5.91 Å². The summed E-state index contributed by atoms with van der Waals surface area (Å²) in [6.45, 7) is 10.7. The lowest BCUT2D eigenvalue weighted by Crippen LogP contribution is -2.39. The highest BCUT2D eigenvalue weighted by molar-refractivity contribution is 5.84. The van der Waals surface area contributed by atoms with Crippen molar-refractivity contribution in [1.82, 2.24) is 9.80 Å². The van der Waals surface area contributed by atoms with Crippen LogP contribution >= 0.6 is 0 Å². The predicted molar refractivity (Wildman–Crippen MR) is 154 cm³/mol. The van der Waals surface area contributed by atoms with Crippen molar-refractivity contribution in [3.63, 3.8) is 0 Å². The molecule has 6 atom stereocenters. The third kappa shape index (κ3) is 5.53. The van der Waals surface area contributed by atoms with Gasteiger partial charge in [0.05, 0.1) is 6.04 Å². The maximum Gasteiger partial charge on any atom is 0.258 e. The Morgan fingerprint density at radius 3 is 1.69 bits per heavy atom. The average molecular weight is 537 g/mol. The summed E-state index contributed by atoms with van der Waals surface area (Å²) >= 11 is 0. The van der Waals surface area contributed by atoms with Gasteiger partial charge in [-0.2, -0.15) is 0 Å². The van der Waals surface area contributed by atoms with E-state index < -0.39 is 12.3 Å². The van der Waals surface area contributed by atoms with Gasteiger partial charge in [-0.05, 0) is 61.5 Å². The van der Waals surface area contributed by atoms with Crippen LogP contribution in [0, 0.1) is 22.7 Å². The monoisotopic (exact) mass is 536 g/mol. The summed E-state index contributed by atoms with van der Waals surface area (Å²) < 4.78 is 28.8. The van der Waals surface area contributed by atoms with Crippen molar-refractivity contribution in [1.29, 1.82) is 0 Å². The van der Waals surface area contributed by atoms with Crippen molar-refractivity contribution in [2.45, 2.75) is 90.6 Å². The minimum atomic E-state index is -1.31. The Balaban J connectivity index is 0.000000158. The van der Waals surface area contributed by atoms with E-state index in [9.17, 15) is 13.6 Å². The van der Waals surface area contributed by atoms with Crippen LogP contribution in [-0.2, 0) is 4.79 Å². The van der Waals surface area contributed by atoms with E-state index in [0.717, 1.165) is 24.9 Å². The van der Waals surface area contributed by atoms with E-state index in [0.29, 0.717) is 19.1 Å². The number of hydrogen-bond donors (Lipinski definition) is 0. The number of halogens is 2. The van der Waals surface area contributed by atoms with Crippen molar-refractivity contribution in [2.75, 3.05) is 19.6 Å². The Morgan fingerprint density at radius 2 is 1.21 bits per heavy atom. The topological polar surface area (TPSA) is 23.6 Å². The summed E-state index contributed by atoms with van der Waals surface area (Å²) in [6, 6.07) is 20.6. The fourth-order valence-electron chi connectivity index (χ4n) is 7.48. The highest BCUT2D eigenvalue weighted by atomic mass is 19.1. The first-order chi connectivity index (χ1) is 18.6. The molecule has 0 unspecified atom stereocenters. The molecule has 2 aromatic rings. The summed E-state index contributed by atoms with van der Waals surface area (Å²) in [5, 5.41) is 0. The molecule has 0 N–H and O–H groups in total. The predicted octanol–water partition coefficient (Wildman–Crippen LogP) is 7.94. The molecule has 1 amide bonds. The smallest absolute Gasteiger partial charge is 0.258 e. The van der Waals surface area contributed by atoms with Crippen molar-refractivity contribution >= 4 is 5.91 Å². The molecule has 0 radical (unpaired) electrons. The second-order valence-electron chi connectivity index (χ2n) is 13.3. The quantitative estimate of drug-likeness (QED) is 0.374. The van der Waals surface area contributed by atoms with Crippen LogP contribution in [-0.4, -0.2) is 47.7 Å². The van der Waals surface area contributed by atoms with Gasteiger partial charge in [0.2, 0.25) is 0 Å². The SMILES string of the molecule is C[C@@H](c1ccccc1)N1C[C@@H](F)[C@@H](C2(C)CCC2)C1.C[C@@H](c1ccccc1)N1C[C@H](C2(C)CCC2)[C@H](F)C1=O. The van der Waals surface area contributed by atoms with Crippen molar-refractivity contribution in [2.24, 2.45) is 22.7 Å². The highest BCUT2D eigenvalue weighted by Gasteiger charge is 2.53. The minimum Gasteiger partial charge on any atom is -0.333 e. The van der Waals surface area contributed by atoms with Gasteiger partial charge in [0.15, 0.2) is 6.17 Å². The fourth-order valence-corrected chi connectivity index (χ4v) is 7.48. The van der Waals surface area contributed by atoms with Crippen LogP contribution in [0.1, 0.15) is 89.4 Å². The molecular formula is C34H46F2N2O. The number of carbonyl (C=O) groups excluding carboxylic acids is 1. The van der Waals surface area contributed by atoms with Crippen molar-refractivity contribution < 1.29 is 13.6 Å². The molecule has 2 aliphatic carbocycles. The van der Waals surface area contributed by atoms with Crippen LogP contribution in [0.25, 0.3) is 0 Å². The number of hydrogen-bond acceptors (Lipinski definition) is 2. The summed E-state index contributed by atoms with van der Waals surface area (Å²) in [4.78, 5) is 16.3. The van der Waals surface area contributed by atoms with Crippen LogP contribution < -0.4 is 0 Å². The summed E-state index contributed by atoms with van der Waals surface area (Å²) in [5.41, 5.74) is 2.67. The molecule has 2 aliphatic heterocycles. The number of carbonyl (C=O) groups is 1. The molecule has 5 heteroatoms. The lowest BCUT2D eigenvalue weighted by molar-refractivity contribution is -0.134. The van der Waals surface area contributed by atoms with Crippen molar-refractivity contribution in [3.05, 3.63) is 71.8 Å². The lowest BCUT2D eigenvalue weighted by atomic mass is 9.62. The second kappa shape index (κ2) is 11.3. The lowest BCUT2D eigenvalue weighted by Gasteiger charge is -2.44. The first-order valence-corrected chi connectivity index (χ1v) is 15.1. The summed E-state index contributed by atoms with van der Waals surface area (Å²) in [7, 11) is 0. The number of likely N-dealkylation sites (tertiary alicyclic amines) is 2. The Hall–Kier alpha value is -2.27. The molecule has 2 saturated carbocycles. The summed E-state index contributed by atoms with van der Waals surface area (Å²) in [5.74, 6) is -0.207. The Kier molecular flexibility index (Phi) is 8.20. The average Bonchev–Trinajstić information content (AvgIpc) is 3.46. The van der Waals surface area contributed by atoms with Gasteiger partial charge in [-0.25, -0.2) is 8.78 Å². The zero-order valence-corrected chi connectivity index (χ0v) is 24.2. The van der Waals surface area contributed by atoms with Crippen LogP contribution in [0.2, 0.25) is 0 Å². The van der Waals surface area contributed by atoms with E-state index in [2.05, 4.69) is 49.9 Å². The van der Waals surface area contributed by atoms with Gasteiger partial charge in [0.1, 0.15) is 6.17 Å². The minimum absolute atomic E-state index is 0.0280. The van der Waals surface area contributed by atoms with E-state index in [4.69, 9.17) is 0 Å². The molecule has 212 valence electrons. The highest BCUT2D eigenvalue weighted by Crippen LogP contribution is 2.52. The molecular weight excluding hydrogens is 490 g/mol. The van der Waals surface area contributed by atoms with Gasteiger partial charge >= 0.3 is 0 Å². The Bertz CT molecular complexity index is 1100. The zero-order valence-electron chi connectivity index (χ0n) is 24.2. The van der Waals surface area contributed by atoms with E-state index >= 15 is 0 Å². The van der Waals surface area contributed by atoms with E-state index in [-0.39, 0.29) is 34.6 Å². The van der Waals surface area contributed by atoms with Gasteiger partial charge < -0.3 is 4.90 Å². The Labute approximate surface area is 234 Å². The first-order valence-electron chi connectivity index (χ1n) is 15.1. The standard InChI is InChI=1S/C17H22FNO.C17H24FN/c1-12(13-7-4-3-5-8-13)19-11-14(15(18)16(19)20)17(2)9-6-10-17;1-13(14-7-4-3-5-8-14)19-11-15(16(18)12-19)17(2)9-6-10-17/h3-5,7-8,12,14-15H,6,9-11H2,1-2H3;3-5,7-8,13,15-16H,6,9-12H2,1-2H3/t12-,14-,15-;13-,15-,16+/m00/s1. The number of rotatable bonds is 6. The number of nitrogens with zero attached hydrogens (tertiary/aromatic N) is 2. The first kappa shape index (κ1) is 28.3. The molecule has 0 aromatic heterocycles. The van der Waals surface area contributed by atoms with Gasteiger partial charge in [-0.3, -0.25) is 9.69 Å². The fraction of sp³-hybridized carbons (Fsp3) is 0.618. The van der Waals surface area contributed by atoms with Crippen LogP contribution in [0.3, 0.4) is 0 Å². The molecule has 2 saturated heterocycles. The number of alkyl halides is 2. The molecule has 4 fully saturated rings. The molecule has 2 aromatic carbocycles. The normalized spacial score (nSPS) is 31.0.